The Bertz CT molecular complexity index is 997. The van der Waals surface area contributed by atoms with E-state index in [1.165, 1.54) is 19.3 Å². The lowest BCUT2D eigenvalue weighted by Gasteiger charge is -2.12. The first-order chi connectivity index (χ1) is 13.7. The number of nitrogens with zero attached hydrogens (tertiary/aromatic N) is 2. The third-order valence-corrected chi connectivity index (χ3v) is 3.41. The molecule has 29 heavy (non-hydrogen) atoms. The molecule has 0 unspecified atom stereocenters. The number of benzene rings is 1. The van der Waals surface area contributed by atoms with Crippen LogP contribution in [-0.2, 0) is 9.53 Å². The Kier molecular flexibility index (Phi) is 6.90. The minimum absolute atomic E-state index is 0.0752. The fourth-order valence-corrected chi connectivity index (χ4v) is 2.23. The molecule has 0 spiro atoms. The van der Waals surface area contributed by atoms with E-state index < -0.39 is 28.0 Å². The van der Waals surface area contributed by atoms with Crippen LogP contribution >= 0.6 is 0 Å². The maximum absolute atomic E-state index is 11.6. The summed E-state index contributed by atoms with van der Waals surface area (Å²) in [4.78, 5) is 38.7. The molecular weight excluding hydrogens is 386 g/mol. The Labute approximate surface area is 164 Å². The van der Waals surface area contributed by atoms with E-state index in [-0.39, 0.29) is 18.5 Å². The molecule has 1 aromatic carbocycles. The number of aromatic hydroxyl groups is 1. The number of esters is 1. The van der Waals surface area contributed by atoms with Crippen molar-refractivity contribution >= 4 is 23.8 Å². The fourth-order valence-electron chi connectivity index (χ4n) is 2.23. The maximum atomic E-state index is 11.6. The van der Waals surface area contributed by atoms with E-state index in [1.54, 1.807) is 32.0 Å². The van der Waals surface area contributed by atoms with Crippen molar-refractivity contribution in [2.24, 2.45) is 0 Å². The Hall–Kier alpha value is -3.89. The molecule has 154 valence electrons. The Balaban J connectivity index is 2.17. The van der Waals surface area contributed by atoms with Crippen LogP contribution in [0.15, 0.2) is 23.0 Å². The summed E-state index contributed by atoms with van der Waals surface area (Å²) in [6.45, 7) is 3.18. The third kappa shape index (κ3) is 5.79. The summed E-state index contributed by atoms with van der Waals surface area (Å²) in [5.74, 6) is -0.900. The summed E-state index contributed by atoms with van der Waals surface area (Å²) in [6, 6.07) is 4.82. The maximum Gasteiger partial charge on any atom is 0.395 e. The quantitative estimate of drug-likeness (QED) is 0.380. The van der Waals surface area contributed by atoms with Crippen molar-refractivity contribution in [1.29, 1.82) is 0 Å². The topological polar surface area (TPSA) is 154 Å². The zero-order valence-electron chi connectivity index (χ0n) is 15.9. The summed E-state index contributed by atoms with van der Waals surface area (Å²) in [7, 11) is 1.43. The predicted octanol–water partition coefficient (Wildman–Crippen LogP) is 1.89. The number of methoxy groups -OCH3 is 1. The second kappa shape index (κ2) is 9.35. The average Bonchev–Trinajstić information content (AvgIpc) is 2.63. The predicted molar refractivity (Wildman–Crippen MR) is 102 cm³/mol. The van der Waals surface area contributed by atoms with E-state index >= 15 is 0 Å². The second-order valence-corrected chi connectivity index (χ2v) is 5.95. The molecule has 0 amide bonds. The summed E-state index contributed by atoms with van der Waals surface area (Å²) < 4.78 is 15.6. The zero-order valence-corrected chi connectivity index (χ0v) is 15.9. The molecule has 0 aliphatic carbocycles. The molecule has 0 atom stereocenters. The first kappa shape index (κ1) is 21.4. The minimum Gasteiger partial charge on any atom is -0.493 e. The molecule has 11 nitrogen and oxygen atoms in total. The van der Waals surface area contributed by atoms with Gasteiger partial charge in [0, 0.05) is 0 Å². The lowest BCUT2D eigenvalue weighted by atomic mass is 10.2. The fraction of sp³-hybridized carbons (Fsp3) is 0.278. The number of carbonyl (C=O) groups excluding carboxylic acids is 1. The number of H-pyrrole nitrogens is 1. The smallest absolute Gasteiger partial charge is 0.395 e. The highest BCUT2D eigenvalue weighted by Gasteiger charge is 2.21. The molecule has 1 heterocycles. The molecular formula is C18H19N3O8. The largest absolute Gasteiger partial charge is 0.493 e. The number of hydrogen-bond donors (Lipinski definition) is 2. The molecule has 0 fully saturated rings. The van der Waals surface area contributed by atoms with Crippen molar-refractivity contribution in [1.82, 2.24) is 9.97 Å². The molecule has 0 aliphatic rings. The van der Waals surface area contributed by atoms with Crippen molar-refractivity contribution in [3.05, 3.63) is 50.1 Å². The van der Waals surface area contributed by atoms with E-state index in [2.05, 4.69) is 9.97 Å². The van der Waals surface area contributed by atoms with E-state index in [4.69, 9.17) is 14.2 Å². The van der Waals surface area contributed by atoms with Crippen molar-refractivity contribution in [2.45, 2.75) is 20.0 Å². The van der Waals surface area contributed by atoms with E-state index in [1.807, 2.05) is 0 Å². The van der Waals surface area contributed by atoms with Gasteiger partial charge in [0.15, 0.2) is 18.1 Å². The van der Waals surface area contributed by atoms with E-state index in [9.17, 15) is 24.8 Å². The van der Waals surface area contributed by atoms with Crippen molar-refractivity contribution in [3.8, 4) is 17.4 Å². The van der Waals surface area contributed by atoms with Crippen LogP contribution in [0.25, 0.3) is 12.2 Å². The highest BCUT2D eigenvalue weighted by molar-refractivity contribution is 5.72. The van der Waals surface area contributed by atoms with Gasteiger partial charge >= 0.3 is 17.2 Å². The van der Waals surface area contributed by atoms with Gasteiger partial charge in [-0.1, -0.05) is 12.1 Å². The highest BCUT2D eigenvalue weighted by Crippen LogP contribution is 2.29. The molecule has 2 N–H and O–H groups in total. The monoisotopic (exact) mass is 405 g/mol. The first-order valence-corrected chi connectivity index (χ1v) is 8.37. The Morgan fingerprint density at radius 3 is 2.66 bits per heavy atom. The van der Waals surface area contributed by atoms with Gasteiger partial charge in [-0.15, -0.1) is 0 Å². The van der Waals surface area contributed by atoms with Crippen LogP contribution in [0.2, 0.25) is 0 Å². The Morgan fingerprint density at radius 1 is 1.34 bits per heavy atom. The van der Waals surface area contributed by atoms with Crippen LogP contribution in [0.4, 0.5) is 5.69 Å². The van der Waals surface area contributed by atoms with Gasteiger partial charge in [0.25, 0.3) is 5.88 Å². The van der Waals surface area contributed by atoms with Gasteiger partial charge in [-0.25, -0.2) is 4.79 Å². The molecule has 0 bridgehead atoms. The van der Waals surface area contributed by atoms with Crippen molar-refractivity contribution < 1.29 is 29.0 Å². The van der Waals surface area contributed by atoms with Gasteiger partial charge in [-0.3, -0.25) is 14.9 Å². The van der Waals surface area contributed by atoms with Crippen LogP contribution in [-0.4, -0.2) is 45.8 Å². The molecule has 1 aromatic heterocycles. The standard InChI is InChI=1S/C18H19N3O8/c1-10(2)29-15(22)9-28-12-6-4-11(8-13(12)27-3)5-7-14-19-17(23)16(21(25)26)18(24)20-14/h4-8,10H,9H2,1-3H3,(H2,19,20,23,24)/b7-5+. The molecule has 2 rings (SSSR count). The molecule has 0 saturated heterocycles. The SMILES string of the molecule is COc1cc(/C=C/c2nc(O)c([N+](=O)[O-])c(=O)[nH]2)ccc1OCC(=O)OC(C)C. The molecule has 2 aromatic rings. The number of rotatable bonds is 8. The van der Waals surface area contributed by atoms with Crippen molar-refractivity contribution in [2.75, 3.05) is 13.7 Å². The van der Waals surface area contributed by atoms with Crippen LogP contribution in [0.1, 0.15) is 25.2 Å². The second-order valence-electron chi connectivity index (χ2n) is 5.95. The van der Waals surface area contributed by atoms with Crippen molar-refractivity contribution in [3.63, 3.8) is 0 Å². The number of nitro groups is 1. The van der Waals surface area contributed by atoms with Gasteiger partial charge in [0.2, 0.25) is 0 Å². The molecule has 11 heteroatoms. The van der Waals surface area contributed by atoms with Gasteiger partial charge in [-0.2, -0.15) is 4.98 Å². The number of ether oxygens (including phenoxy) is 3. The number of carbonyl (C=O) groups is 1. The van der Waals surface area contributed by atoms with E-state index in [0.29, 0.717) is 17.1 Å². The van der Waals surface area contributed by atoms with Gasteiger partial charge in [-0.05, 0) is 37.6 Å². The van der Waals surface area contributed by atoms with Gasteiger partial charge in [0.05, 0.1) is 18.1 Å². The normalized spacial score (nSPS) is 10.9. The average molecular weight is 405 g/mol. The summed E-state index contributed by atoms with van der Waals surface area (Å²) in [6.07, 6.45) is 2.63. The first-order valence-electron chi connectivity index (χ1n) is 8.37. The van der Waals surface area contributed by atoms with E-state index in [0.717, 1.165) is 0 Å². The lowest BCUT2D eigenvalue weighted by Crippen LogP contribution is -2.18. The number of nitrogens with one attached hydrogen (secondary N) is 1. The zero-order chi connectivity index (χ0) is 21.6. The number of hydrogen-bond acceptors (Lipinski definition) is 9. The molecule has 0 radical (unpaired) electrons. The summed E-state index contributed by atoms with van der Waals surface area (Å²) in [5.41, 5.74) is -1.49. The Morgan fingerprint density at radius 2 is 2.07 bits per heavy atom. The minimum atomic E-state index is -1.07. The highest BCUT2D eigenvalue weighted by atomic mass is 16.6. The number of aromatic nitrogens is 2. The van der Waals surface area contributed by atoms with Crippen LogP contribution < -0.4 is 15.0 Å². The number of aromatic amines is 1. The molecule has 0 aliphatic heterocycles. The van der Waals surface area contributed by atoms with Crippen LogP contribution in [0.3, 0.4) is 0 Å². The lowest BCUT2D eigenvalue weighted by molar-refractivity contribution is -0.387. The van der Waals surface area contributed by atoms with Crippen LogP contribution in [0.5, 0.6) is 17.4 Å². The summed E-state index contributed by atoms with van der Waals surface area (Å²) in [5, 5.41) is 20.2. The molecule has 0 saturated carbocycles. The third-order valence-electron chi connectivity index (χ3n) is 3.41. The van der Waals surface area contributed by atoms with Crippen LogP contribution in [0, 0.1) is 10.1 Å². The van der Waals surface area contributed by atoms with Gasteiger partial charge in [0.1, 0.15) is 5.82 Å². The van der Waals surface area contributed by atoms with Gasteiger partial charge < -0.3 is 24.3 Å². The summed E-state index contributed by atoms with van der Waals surface area (Å²) >= 11 is 0.